The molecule has 14 heavy (non-hydrogen) atoms. The predicted octanol–water partition coefficient (Wildman–Crippen LogP) is 0.808. The molecule has 1 aromatic rings. The summed E-state index contributed by atoms with van der Waals surface area (Å²) < 4.78 is 12.9. The number of halogens is 1. The zero-order valence-electron chi connectivity index (χ0n) is 7.83. The Balaban J connectivity index is 2.26. The molecule has 1 fully saturated rings. The highest BCUT2D eigenvalue weighted by atomic mass is 19.1. The first kappa shape index (κ1) is 9.15. The largest absolute Gasteiger partial charge is 0.318 e. The third-order valence-electron chi connectivity index (χ3n) is 2.42. The number of amides is 1. The molecule has 1 aliphatic heterocycles. The van der Waals surface area contributed by atoms with Gasteiger partial charge >= 0.3 is 0 Å². The first-order valence-corrected chi connectivity index (χ1v) is 4.42. The topological polar surface area (TPSA) is 46.3 Å². The van der Waals surface area contributed by atoms with Gasteiger partial charge in [-0.1, -0.05) is 0 Å². The van der Waals surface area contributed by atoms with Crippen molar-refractivity contribution in [2.45, 2.75) is 13.0 Å². The van der Waals surface area contributed by atoms with Gasteiger partial charge in [-0.15, -0.1) is 0 Å². The molecule has 74 valence electrons. The lowest BCUT2D eigenvalue weighted by molar-refractivity contribution is -0.123. The quantitative estimate of drug-likeness (QED) is 0.672. The smallest absolute Gasteiger partial charge is 0.245 e. The number of aryl methyl sites for hydroxylation is 1. The van der Waals surface area contributed by atoms with Gasteiger partial charge in [0.2, 0.25) is 5.91 Å². The van der Waals surface area contributed by atoms with Gasteiger partial charge in [0.15, 0.2) is 0 Å². The molecular weight excluding hydrogens is 183 g/mol. The maximum absolute atomic E-state index is 12.9. The zero-order chi connectivity index (χ0) is 10.3. The third-order valence-corrected chi connectivity index (χ3v) is 2.42. The highest BCUT2D eigenvalue weighted by molar-refractivity contribution is 6.03. The van der Waals surface area contributed by atoms with Gasteiger partial charge in [0.25, 0.3) is 0 Å². The Morgan fingerprint density at radius 3 is 2.79 bits per heavy atom. The Kier molecular flexibility index (Phi) is 2.00. The average Bonchev–Trinajstić information content (AvgIpc) is 2.18. The number of rotatable bonds is 1. The van der Waals surface area contributed by atoms with Crippen LogP contribution in [0.5, 0.6) is 0 Å². The number of nitrogens with two attached hydrogens (primary N) is 1. The molecule has 0 saturated carbocycles. The van der Waals surface area contributed by atoms with Crippen molar-refractivity contribution in [1.29, 1.82) is 0 Å². The summed E-state index contributed by atoms with van der Waals surface area (Å²) in [5, 5.41) is 0. The van der Waals surface area contributed by atoms with Gasteiger partial charge in [-0.3, -0.25) is 4.79 Å². The Morgan fingerprint density at radius 2 is 2.29 bits per heavy atom. The van der Waals surface area contributed by atoms with Crippen molar-refractivity contribution in [2.24, 2.45) is 5.73 Å². The first-order valence-electron chi connectivity index (χ1n) is 4.42. The van der Waals surface area contributed by atoms with Crippen LogP contribution in [0.2, 0.25) is 0 Å². The summed E-state index contributed by atoms with van der Waals surface area (Å²) in [5.41, 5.74) is 6.71. The predicted molar refractivity (Wildman–Crippen MR) is 51.5 cm³/mol. The molecule has 4 heteroatoms. The van der Waals surface area contributed by atoms with E-state index in [-0.39, 0.29) is 17.8 Å². The molecule has 1 amide bonds. The van der Waals surface area contributed by atoms with E-state index in [0.29, 0.717) is 12.1 Å². The minimum atomic E-state index is -0.389. The SMILES string of the molecule is Cc1cc(N2CC(N)C2=O)ccc1F. The van der Waals surface area contributed by atoms with Crippen molar-refractivity contribution in [1.82, 2.24) is 0 Å². The Morgan fingerprint density at radius 1 is 1.57 bits per heavy atom. The average molecular weight is 194 g/mol. The lowest BCUT2D eigenvalue weighted by Gasteiger charge is -2.36. The Bertz CT molecular complexity index is 392. The third kappa shape index (κ3) is 1.28. The van der Waals surface area contributed by atoms with Crippen molar-refractivity contribution < 1.29 is 9.18 Å². The van der Waals surface area contributed by atoms with E-state index in [2.05, 4.69) is 0 Å². The van der Waals surface area contributed by atoms with Crippen molar-refractivity contribution in [2.75, 3.05) is 11.4 Å². The first-order chi connectivity index (χ1) is 6.59. The summed E-state index contributed by atoms with van der Waals surface area (Å²) in [6, 6.07) is 4.22. The fourth-order valence-corrected chi connectivity index (χ4v) is 1.48. The summed E-state index contributed by atoms with van der Waals surface area (Å²) in [6.45, 7) is 2.19. The van der Waals surface area contributed by atoms with Gasteiger partial charge < -0.3 is 10.6 Å². The highest BCUT2D eigenvalue weighted by Gasteiger charge is 2.34. The summed E-state index contributed by atoms with van der Waals surface area (Å²) in [5.74, 6) is -0.359. The van der Waals surface area contributed by atoms with E-state index in [1.54, 1.807) is 24.0 Å². The van der Waals surface area contributed by atoms with Crippen LogP contribution in [0.25, 0.3) is 0 Å². The molecule has 1 unspecified atom stereocenters. The van der Waals surface area contributed by atoms with Gasteiger partial charge in [-0.25, -0.2) is 4.39 Å². The fourth-order valence-electron chi connectivity index (χ4n) is 1.48. The molecule has 1 aliphatic rings. The standard InChI is InChI=1S/C10H11FN2O/c1-6-4-7(2-3-8(6)11)13-5-9(12)10(13)14/h2-4,9H,5,12H2,1H3. The molecule has 0 aromatic heterocycles. The molecule has 0 aliphatic carbocycles. The lowest BCUT2D eigenvalue weighted by atomic mass is 10.1. The molecule has 1 saturated heterocycles. The van der Waals surface area contributed by atoms with Crippen LogP contribution < -0.4 is 10.6 Å². The van der Waals surface area contributed by atoms with Gasteiger partial charge in [0.05, 0.1) is 6.54 Å². The number of hydrogen-bond donors (Lipinski definition) is 1. The van der Waals surface area contributed by atoms with Gasteiger partial charge in [-0.2, -0.15) is 0 Å². The van der Waals surface area contributed by atoms with Gasteiger partial charge in [0, 0.05) is 5.69 Å². The van der Waals surface area contributed by atoms with Crippen LogP contribution in [0, 0.1) is 12.7 Å². The van der Waals surface area contributed by atoms with E-state index in [1.165, 1.54) is 6.07 Å². The number of carbonyl (C=O) groups is 1. The number of hydrogen-bond acceptors (Lipinski definition) is 2. The van der Waals surface area contributed by atoms with Crippen LogP contribution >= 0.6 is 0 Å². The molecule has 3 nitrogen and oxygen atoms in total. The molecule has 1 atom stereocenters. The summed E-state index contributed by atoms with van der Waals surface area (Å²) >= 11 is 0. The number of carbonyl (C=O) groups excluding carboxylic acids is 1. The van der Waals surface area contributed by atoms with Crippen LogP contribution in [0.4, 0.5) is 10.1 Å². The van der Waals surface area contributed by atoms with Crippen LogP contribution in [0.3, 0.4) is 0 Å². The van der Waals surface area contributed by atoms with Crippen molar-refractivity contribution in [3.63, 3.8) is 0 Å². The minimum Gasteiger partial charge on any atom is -0.318 e. The molecular formula is C10H11FN2O. The molecule has 1 heterocycles. The van der Waals surface area contributed by atoms with E-state index in [0.717, 1.165) is 5.69 Å². The van der Waals surface area contributed by atoms with Crippen LogP contribution in [-0.2, 0) is 4.79 Å². The Labute approximate surface area is 81.3 Å². The maximum Gasteiger partial charge on any atom is 0.245 e. The highest BCUT2D eigenvalue weighted by Crippen LogP contribution is 2.23. The second-order valence-corrected chi connectivity index (χ2v) is 3.49. The number of anilines is 1. The van der Waals surface area contributed by atoms with E-state index in [4.69, 9.17) is 5.73 Å². The number of benzene rings is 1. The number of nitrogens with zero attached hydrogens (tertiary/aromatic N) is 1. The second kappa shape index (κ2) is 3.06. The number of β-lactam (4-membered cyclic amide) rings is 1. The Hall–Kier alpha value is -1.42. The summed E-state index contributed by atoms with van der Waals surface area (Å²) in [6.07, 6.45) is 0. The van der Waals surface area contributed by atoms with Crippen LogP contribution in [0.15, 0.2) is 18.2 Å². The minimum absolute atomic E-state index is 0.101. The summed E-state index contributed by atoms with van der Waals surface area (Å²) in [7, 11) is 0. The molecule has 2 N–H and O–H groups in total. The van der Waals surface area contributed by atoms with Gasteiger partial charge in [-0.05, 0) is 30.7 Å². The van der Waals surface area contributed by atoms with E-state index >= 15 is 0 Å². The fraction of sp³-hybridized carbons (Fsp3) is 0.300. The molecule has 0 bridgehead atoms. The van der Waals surface area contributed by atoms with E-state index in [1.807, 2.05) is 0 Å². The normalized spacial score (nSPS) is 20.9. The van der Waals surface area contributed by atoms with E-state index in [9.17, 15) is 9.18 Å². The van der Waals surface area contributed by atoms with Crippen LogP contribution in [0.1, 0.15) is 5.56 Å². The molecule has 0 spiro atoms. The zero-order valence-corrected chi connectivity index (χ0v) is 7.83. The molecule has 2 rings (SSSR count). The van der Waals surface area contributed by atoms with Crippen molar-refractivity contribution >= 4 is 11.6 Å². The van der Waals surface area contributed by atoms with E-state index < -0.39 is 0 Å². The second-order valence-electron chi connectivity index (χ2n) is 3.49. The van der Waals surface area contributed by atoms with Crippen molar-refractivity contribution in [3.8, 4) is 0 Å². The molecule has 1 aromatic carbocycles. The molecule has 0 radical (unpaired) electrons. The maximum atomic E-state index is 12.9. The monoisotopic (exact) mass is 194 g/mol. The summed E-state index contributed by atoms with van der Waals surface area (Å²) in [4.78, 5) is 12.8. The van der Waals surface area contributed by atoms with Crippen molar-refractivity contribution in [3.05, 3.63) is 29.6 Å². The van der Waals surface area contributed by atoms with Gasteiger partial charge in [0.1, 0.15) is 11.9 Å². The lowest BCUT2D eigenvalue weighted by Crippen LogP contribution is -2.61. The van der Waals surface area contributed by atoms with Crippen LogP contribution in [-0.4, -0.2) is 18.5 Å².